The second-order valence-electron chi connectivity index (χ2n) is 15.3. The van der Waals surface area contributed by atoms with E-state index >= 15 is 0 Å². The molecule has 0 saturated heterocycles. The largest absolute Gasteiger partial charge is 0.305 e. The van der Waals surface area contributed by atoms with Gasteiger partial charge in [-0.1, -0.05) is 62.1 Å². The van der Waals surface area contributed by atoms with Gasteiger partial charge in [0, 0.05) is 33.7 Å². The molecule has 2 nitrogen and oxygen atoms in total. The van der Waals surface area contributed by atoms with Crippen molar-refractivity contribution >= 4 is 59.9 Å². The van der Waals surface area contributed by atoms with Crippen molar-refractivity contribution in [1.29, 1.82) is 0 Å². The third-order valence-electron chi connectivity index (χ3n) is 9.01. The van der Waals surface area contributed by atoms with Crippen molar-refractivity contribution in [2.24, 2.45) is 5.41 Å². The van der Waals surface area contributed by atoms with Gasteiger partial charge in [0.1, 0.15) is 5.82 Å². The zero-order valence-electron chi connectivity index (χ0n) is 33.1. The van der Waals surface area contributed by atoms with E-state index in [-0.39, 0.29) is 25.9 Å². The summed E-state index contributed by atoms with van der Waals surface area (Å²) >= 11 is -0.152. The summed E-state index contributed by atoms with van der Waals surface area (Å²) in [5.41, 5.74) is 6.96. The number of aryl methyl sites for hydroxylation is 1. The Morgan fingerprint density at radius 1 is 0.774 bits per heavy atom. The second-order valence-corrected chi connectivity index (χ2v) is 27.0. The molecule has 3 heterocycles. The number of fused-ring (bicyclic) bond motifs is 4. The summed E-state index contributed by atoms with van der Waals surface area (Å²) in [6, 6.07) is 41.9. The number of rotatable bonds is 5. The van der Waals surface area contributed by atoms with Crippen LogP contribution >= 0.6 is 11.3 Å². The molecule has 0 atom stereocenters. The molecular weight excluding hydrogens is 908 g/mol. The SMILES string of the molecule is Cc1cc(-c2[c-]ccc3ccccc23)nc[c]1[Ge]([CH3])([CH3])[CH3].[2H]C([2H])(c1ccnc(-c2[c-]cc3sc4cc(-c5cccc(F)c5)ccc4c3c2)c1)C(C)(C)C.[Ir]. The van der Waals surface area contributed by atoms with Gasteiger partial charge < -0.3 is 4.98 Å². The zero-order valence-corrected chi connectivity index (χ0v) is 36.4. The van der Waals surface area contributed by atoms with Crippen LogP contribution in [-0.4, -0.2) is 23.2 Å². The van der Waals surface area contributed by atoms with Crippen LogP contribution in [-0.2, 0) is 26.5 Å². The quantitative estimate of drug-likeness (QED) is 0.127. The molecule has 8 rings (SSSR count). The van der Waals surface area contributed by atoms with Crippen LogP contribution in [0.25, 0.3) is 64.6 Å². The molecule has 5 aromatic carbocycles. The Kier molecular flexibility index (Phi) is 10.7. The van der Waals surface area contributed by atoms with Crippen LogP contribution in [0.4, 0.5) is 4.39 Å². The monoisotopic (exact) mass is 955 g/mol. The molecule has 53 heavy (non-hydrogen) atoms. The fraction of sp³-hybridized carbons (Fsp3) is 0.191. The summed E-state index contributed by atoms with van der Waals surface area (Å²) in [4.78, 5) is 9.25. The third-order valence-corrected chi connectivity index (χ3v) is 14.6. The van der Waals surface area contributed by atoms with Gasteiger partial charge in [-0.05, 0) is 63.0 Å². The fourth-order valence-corrected chi connectivity index (χ4v) is 11.3. The molecular formula is C47H43FGeIrN2S-2. The van der Waals surface area contributed by atoms with Crippen LogP contribution in [0.2, 0.25) is 17.3 Å². The summed E-state index contributed by atoms with van der Waals surface area (Å²) in [5.74, 6) is 6.99. The number of pyridine rings is 2. The molecule has 0 unspecified atom stereocenters. The number of halogens is 1. The molecule has 269 valence electrons. The third kappa shape index (κ3) is 8.87. The molecule has 0 aliphatic carbocycles. The standard InChI is InChI=1S/C28H23FNS.C19H20GeN.Ir/c1-28(2,3)17-18-11-12-30-25(13-18)21-8-10-26-24(15-21)23-9-7-20(16-27(23)31-26)19-5-4-6-22(29)14-19;1-14-12-19(21-13-18(14)20(2,3)4)17-11-7-9-15-8-5-6-10-16(15)17;/h4-7,9-16H,17H2,1-3H3;5-10,12-13H,1-4H3;/q2*-1;/i17D2;;. The van der Waals surface area contributed by atoms with E-state index in [1.165, 1.54) is 26.8 Å². The van der Waals surface area contributed by atoms with Crippen LogP contribution in [0.3, 0.4) is 0 Å². The van der Waals surface area contributed by atoms with Gasteiger partial charge in [0.2, 0.25) is 0 Å². The molecule has 0 fully saturated rings. The van der Waals surface area contributed by atoms with Gasteiger partial charge in [0.05, 0.1) is 0 Å². The van der Waals surface area contributed by atoms with Gasteiger partial charge in [-0.3, -0.25) is 0 Å². The van der Waals surface area contributed by atoms with Gasteiger partial charge in [0.15, 0.2) is 0 Å². The van der Waals surface area contributed by atoms with Crippen molar-refractivity contribution in [2.75, 3.05) is 0 Å². The van der Waals surface area contributed by atoms with E-state index < -0.39 is 25.1 Å². The van der Waals surface area contributed by atoms with Crippen LogP contribution in [0.5, 0.6) is 0 Å². The molecule has 0 bridgehead atoms. The summed E-state index contributed by atoms with van der Waals surface area (Å²) < 4.78 is 34.6. The van der Waals surface area contributed by atoms with Gasteiger partial charge >= 0.3 is 129 Å². The van der Waals surface area contributed by atoms with Gasteiger partial charge in [-0.2, -0.15) is 11.3 Å². The predicted octanol–water partition coefficient (Wildman–Crippen LogP) is 12.9. The van der Waals surface area contributed by atoms with Crippen molar-refractivity contribution in [3.8, 4) is 33.6 Å². The minimum Gasteiger partial charge on any atom is -0.305 e. The molecule has 1 radical (unpaired) electrons. The predicted molar refractivity (Wildman–Crippen MR) is 224 cm³/mol. The number of nitrogens with zero attached hydrogens (tertiary/aromatic N) is 2. The maximum absolute atomic E-state index is 13.7. The maximum atomic E-state index is 13.7. The minimum absolute atomic E-state index is 0. The van der Waals surface area contributed by atoms with Crippen LogP contribution < -0.4 is 4.40 Å². The number of benzene rings is 5. The van der Waals surface area contributed by atoms with E-state index in [4.69, 9.17) is 7.73 Å². The first-order valence-corrected chi connectivity index (χ1v) is 25.7. The van der Waals surface area contributed by atoms with Crippen molar-refractivity contribution in [3.05, 3.63) is 151 Å². The molecule has 0 saturated carbocycles. The summed E-state index contributed by atoms with van der Waals surface area (Å²) in [7, 11) is 0. The first-order chi connectivity index (χ1) is 25.6. The first-order valence-electron chi connectivity index (χ1n) is 18.6. The number of thiophene rings is 1. The van der Waals surface area contributed by atoms with E-state index in [9.17, 15) is 4.39 Å². The Morgan fingerprint density at radius 2 is 1.57 bits per heavy atom. The van der Waals surface area contributed by atoms with E-state index in [0.717, 1.165) is 48.1 Å². The molecule has 6 heteroatoms. The van der Waals surface area contributed by atoms with Crippen LogP contribution in [0.1, 0.15) is 34.6 Å². The Labute approximate surface area is 336 Å². The Morgan fingerprint density at radius 3 is 2.32 bits per heavy atom. The molecule has 0 spiro atoms. The maximum Gasteiger partial charge on any atom is 0.123 e. The Balaban J connectivity index is 0.000000202. The van der Waals surface area contributed by atoms with Crippen molar-refractivity contribution in [2.45, 2.75) is 51.3 Å². The molecule has 8 aromatic rings. The topological polar surface area (TPSA) is 25.8 Å². The first kappa shape index (κ1) is 36.0. The van der Waals surface area contributed by atoms with Crippen LogP contribution in [0.15, 0.2) is 122 Å². The number of aromatic nitrogens is 2. The summed E-state index contributed by atoms with van der Waals surface area (Å²) in [5, 5.41) is 4.70. The average Bonchev–Trinajstić information content (AvgIpc) is 3.51. The minimum atomic E-state index is -1.84. The summed E-state index contributed by atoms with van der Waals surface area (Å²) in [6.45, 7) is 7.92. The van der Waals surface area contributed by atoms with E-state index in [1.807, 2.05) is 51.1 Å². The van der Waals surface area contributed by atoms with Gasteiger partial charge in [-0.25, -0.2) is 4.39 Å². The second kappa shape index (κ2) is 15.8. The van der Waals surface area contributed by atoms with E-state index in [2.05, 4.69) is 102 Å². The Hall–Kier alpha value is -4.00. The molecule has 0 N–H and O–H groups in total. The Bertz CT molecular complexity index is 2660. The molecule has 0 aliphatic heterocycles. The molecule has 0 amide bonds. The van der Waals surface area contributed by atoms with E-state index in [0.29, 0.717) is 11.3 Å². The summed E-state index contributed by atoms with van der Waals surface area (Å²) in [6.07, 6.45) is 2.28. The van der Waals surface area contributed by atoms with Gasteiger partial charge in [-0.15, -0.1) is 23.8 Å². The van der Waals surface area contributed by atoms with Crippen molar-refractivity contribution in [3.63, 3.8) is 0 Å². The average molecular weight is 954 g/mol. The van der Waals surface area contributed by atoms with Crippen molar-refractivity contribution in [1.82, 2.24) is 9.97 Å². The number of hydrogen-bond donors (Lipinski definition) is 0. The molecule has 3 aromatic heterocycles. The zero-order chi connectivity index (χ0) is 38.4. The van der Waals surface area contributed by atoms with Crippen LogP contribution in [0, 0.1) is 30.3 Å². The van der Waals surface area contributed by atoms with Gasteiger partial charge in [0.25, 0.3) is 0 Å². The smallest absolute Gasteiger partial charge is 0.123 e. The number of hydrogen-bond acceptors (Lipinski definition) is 3. The van der Waals surface area contributed by atoms with Crippen molar-refractivity contribution < 1.29 is 27.2 Å². The molecule has 0 aliphatic rings. The fourth-order valence-electron chi connectivity index (χ4n) is 6.66. The normalized spacial score (nSPS) is 12.5. The van der Waals surface area contributed by atoms with E-state index in [1.54, 1.807) is 35.7 Å².